The van der Waals surface area contributed by atoms with Crippen molar-refractivity contribution in [2.75, 3.05) is 13.7 Å². The van der Waals surface area contributed by atoms with Crippen LogP contribution in [0.15, 0.2) is 47.7 Å². The SMILES string of the molecule is CN=C(NCc1ccnc(OCC2CC2)c1)NCc1ccccn1. The summed E-state index contributed by atoms with van der Waals surface area (Å²) in [6.07, 6.45) is 6.12. The van der Waals surface area contributed by atoms with Crippen molar-refractivity contribution in [3.63, 3.8) is 0 Å². The van der Waals surface area contributed by atoms with Crippen LogP contribution in [0, 0.1) is 5.92 Å². The van der Waals surface area contributed by atoms with E-state index in [4.69, 9.17) is 4.74 Å². The Morgan fingerprint density at radius 3 is 2.79 bits per heavy atom. The maximum Gasteiger partial charge on any atom is 0.213 e. The molecule has 2 heterocycles. The molecule has 0 radical (unpaired) electrons. The molecule has 24 heavy (non-hydrogen) atoms. The number of aliphatic imine (C=N–C) groups is 1. The molecule has 0 bridgehead atoms. The van der Waals surface area contributed by atoms with Crippen molar-refractivity contribution in [3.8, 4) is 5.88 Å². The molecule has 6 heteroatoms. The summed E-state index contributed by atoms with van der Waals surface area (Å²) < 4.78 is 5.72. The van der Waals surface area contributed by atoms with E-state index in [2.05, 4.69) is 25.6 Å². The minimum absolute atomic E-state index is 0.632. The molecule has 0 atom stereocenters. The standard InChI is InChI=1S/C18H23N5O/c1-19-18(23-12-16-4-2-3-8-20-16)22-11-15-7-9-21-17(10-15)24-13-14-5-6-14/h2-4,7-10,14H,5-6,11-13H2,1H3,(H2,19,22,23). The number of nitrogens with one attached hydrogen (secondary N) is 2. The minimum Gasteiger partial charge on any atom is -0.477 e. The fourth-order valence-corrected chi connectivity index (χ4v) is 2.21. The Balaban J connectivity index is 1.47. The molecular formula is C18H23N5O. The highest BCUT2D eigenvalue weighted by atomic mass is 16.5. The van der Waals surface area contributed by atoms with Crippen LogP contribution in [-0.4, -0.2) is 29.6 Å². The van der Waals surface area contributed by atoms with E-state index in [-0.39, 0.29) is 0 Å². The Bertz CT molecular complexity index is 670. The predicted octanol–water partition coefficient (Wildman–Crippen LogP) is 2.13. The number of rotatable bonds is 7. The molecule has 126 valence electrons. The van der Waals surface area contributed by atoms with E-state index in [1.54, 1.807) is 19.4 Å². The Morgan fingerprint density at radius 2 is 2.04 bits per heavy atom. The van der Waals surface area contributed by atoms with Gasteiger partial charge in [-0.05, 0) is 42.5 Å². The van der Waals surface area contributed by atoms with Gasteiger partial charge in [-0.1, -0.05) is 6.07 Å². The zero-order valence-electron chi connectivity index (χ0n) is 13.9. The molecule has 0 saturated heterocycles. The summed E-state index contributed by atoms with van der Waals surface area (Å²) >= 11 is 0. The second kappa shape index (κ2) is 8.29. The van der Waals surface area contributed by atoms with Gasteiger partial charge in [-0.3, -0.25) is 9.98 Å². The largest absolute Gasteiger partial charge is 0.477 e. The van der Waals surface area contributed by atoms with Gasteiger partial charge in [0, 0.05) is 32.1 Å². The third-order valence-corrected chi connectivity index (χ3v) is 3.81. The van der Waals surface area contributed by atoms with E-state index in [0.29, 0.717) is 19.0 Å². The zero-order valence-corrected chi connectivity index (χ0v) is 13.9. The lowest BCUT2D eigenvalue weighted by Crippen LogP contribution is -2.36. The van der Waals surface area contributed by atoms with Crippen molar-refractivity contribution in [1.82, 2.24) is 20.6 Å². The molecule has 1 aliphatic rings. The molecule has 0 unspecified atom stereocenters. The molecule has 6 nitrogen and oxygen atoms in total. The van der Waals surface area contributed by atoms with Crippen LogP contribution in [0.25, 0.3) is 0 Å². The number of guanidine groups is 1. The molecule has 2 N–H and O–H groups in total. The summed E-state index contributed by atoms with van der Waals surface area (Å²) in [7, 11) is 1.75. The number of nitrogens with zero attached hydrogens (tertiary/aromatic N) is 3. The van der Waals surface area contributed by atoms with Crippen LogP contribution in [0.2, 0.25) is 0 Å². The summed E-state index contributed by atoms with van der Waals surface area (Å²) in [5, 5.41) is 6.54. The molecule has 0 amide bonds. The average molecular weight is 325 g/mol. The molecule has 1 fully saturated rings. The molecule has 0 spiro atoms. The highest BCUT2D eigenvalue weighted by Crippen LogP contribution is 2.29. The molecule has 0 aliphatic heterocycles. The second-order valence-electron chi connectivity index (χ2n) is 5.86. The van der Waals surface area contributed by atoms with Crippen molar-refractivity contribution >= 4 is 5.96 Å². The maximum absolute atomic E-state index is 5.72. The zero-order chi connectivity index (χ0) is 16.6. The van der Waals surface area contributed by atoms with Crippen molar-refractivity contribution in [2.24, 2.45) is 10.9 Å². The van der Waals surface area contributed by atoms with Gasteiger partial charge in [0.05, 0.1) is 18.8 Å². The van der Waals surface area contributed by atoms with Crippen molar-refractivity contribution < 1.29 is 4.74 Å². The Kier molecular flexibility index (Phi) is 5.61. The van der Waals surface area contributed by atoms with E-state index in [9.17, 15) is 0 Å². The quantitative estimate of drug-likeness (QED) is 0.603. The van der Waals surface area contributed by atoms with Gasteiger partial charge in [0.1, 0.15) is 0 Å². The first-order valence-corrected chi connectivity index (χ1v) is 8.25. The van der Waals surface area contributed by atoms with Gasteiger partial charge in [0.25, 0.3) is 0 Å². The van der Waals surface area contributed by atoms with E-state index < -0.39 is 0 Å². The first-order valence-electron chi connectivity index (χ1n) is 8.25. The molecule has 3 rings (SSSR count). The van der Waals surface area contributed by atoms with Crippen molar-refractivity contribution in [1.29, 1.82) is 0 Å². The normalized spacial score (nSPS) is 14.3. The van der Waals surface area contributed by atoms with Crippen LogP contribution >= 0.6 is 0 Å². The van der Waals surface area contributed by atoms with Crippen LogP contribution in [0.3, 0.4) is 0 Å². The fourth-order valence-electron chi connectivity index (χ4n) is 2.21. The van der Waals surface area contributed by atoms with Gasteiger partial charge in [-0.15, -0.1) is 0 Å². The molecule has 2 aromatic heterocycles. The second-order valence-corrected chi connectivity index (χ2v) is 5.86. The van der Waals surface area contributed by atoms with E-state index in [0.717, 1.165) is 29.7 Å². The molecular weight excluding hydrogens is 302 g/mol. The van der Waals surface area contributed by atoms with Crippen molar-refractivity contribution in [3.05, 3.63) is 54.0 Å². The number of hydrogen-bond donors (Lipinski definition) is 2. The molecule has 0 aromatic carbocycles. The van der Waals surface area contributed by atoms with Gasteiger partial charge < -0.3 is 15.4 Å². The number of ether oxygens (including phenoxy) is 1. The predicted molar refractivity (Wildman–Crippen MR) is 93.7 cm³/mol. The lowest BCUT2D eigenvalue weighted by Gasteiger charge is -2.12. The highest BCUT2D eigenvalue weighted by Gasteiger charge is 2.22. The third kappa shape index (κ3) is 5.22. The van der Waals surface area contributed by atoms with Crippen LogP contribution < -0.4 is 15.4 Å². The average Bonchev–Trinajstić information content (AvgIpc) is 3.46. The summed E-state index contributed by atoms with van der Waals surface area (Å²) in [6, 6.07) is 9.81. The lowest BCUT2D eigenvalue weighted by molar-refractivity contribution is 0.288. The minimum atomic E-state index is 0.632. The van der Waals surface area contributed by atoms with E-state index in [1.165, 1.54) is 12.8 Å². The van der Waals surface area contributed by atoms with Gasteiger partial charge in [0.15, 0.2) is 5.96 Å². The maximum atomic E-state index is 5.72. The molecule has 1 aliphatic carbocycles. The molecule has 1 saturated carbocycles. The Labute approximate surface area is 142 Å². The van der Waals surface area contributed by atoms with Crippen LogP contribution in [-0.2, 0) is 13.1 Å². The number of pyridine rings is 2. The third-order valence-electron chi connectivity index (χ3n) is 3.81. The summed E-state index contributed by atoms with van der Waals surface area (Å²) in [5.41, 5.74) is 2.08. The topological polar surface area (TPSA) is 71.4 Å². The summed E-state index contributed by atoms with van der Waals surface area (Å²) in [4.78, 5) is 12.8. The fraction of sp³-hybridized carbons (Fsp3) is 0.389. The van der Waals surface area contributed by atoms with Gasteiger partial charge >= 0.3 is 0 Å². The smallest absolute Gasteiger partial charge is 0.213 e. The van der Waals surface area contributed by atoms with E-state index in [1.807, 2.05) is 30.3 Å². The van der Waals surface area contributed by atoms with Gasteiger partial charge in [-0.25, -0.2) is 4.98 Å². The van der Waals surface area contributed by atoms with E-state index >= 15 is 0 Å². The van der Waals surface area contributed by atoms with Crippen molar-refractivity contribution in [2.45, 2.75) is 25.9 Å². The Hall–Kier alpha value is -2.63. The summed E-state index contributed by atoms with van der Waals surface area (Å²) in [6.45, 7) is 2.06. The number of aromatic nitrogens is 2. The highest BCUT2D eigenvalue weighted by molar-refractivity contribution is 5.79. The van der Waals surface area contributed by atoms with Crippen LogP contribution in [0.1, 0.15) is 24.1 Å². The van der Waals surface area contributed by atoms with Crippen LogP contribution in [0.5, 0.6) is 5.88 Å². The number of hydrogen-bond acceptors (Lipinski definition) is 4. The molecule has 2 aromatic rings. The first-order chi connectivity index (χ1) is 11.8. The first kappa shape index (κ1) is 16.2. The Morgan fingerprint density at radius 1 is 1.17 bits per heavy atom. The van der Waals surface area contributed by atoms with Gasteiger partial charge in [0.2, 0.25) is 5.88 Å². The lowest BCUT2D eigenvalue weighted by atomic mass is 10.2. The summed E-state index contributed by atoms with van der Waals surface area (Å²) in [5.74, 6) is 2.15. The van der Waals surface area contributed by atoms with Crippen LogP contribution in [0.4, 0.5) is 0 Å². The monoisotopic (exact) mass is 325 g/mol. The van der Waals surface area contributed by atoms with Gasteiger partial charge in [-0.2, -0.15) is 0 Å².